The number of aryl methyl sites for hydroxylation is 1. The highest BCUT2D eigenvalue weighted by Gasteiger charge is 2.40. The highest BCUT2D eigenvalue weighted by molar-refractivity contribution is 6.03. The minimum absolute atomic E-state index is 0.204. The van der Waals surface area contributed by atoms with Crippen LogP contribution < -0.4 is 15.5 Å². The van der Waals surface area contributed by atoms with Gasteiger partial charge in [-0.3, -0.25) is 4.79 Å². The fourth-order valence-corrected chi connectivity index (χ4v) is 4.28. The van der Waals surface area contributed by atoms with Crippen LogP contribution in [0.15, 0.2) is 36.5 Å². The number of alkyl halides is 3. The number of hydrogen-bond acceptors (Lipinski definition) is 8. The Balaban J connectivity index is 1.44. The summed E-state index contributed by atoms with van der Waals surface area (Å²) >= 11 is 0. The Labute approximate surface area is 198 Å². The zero-order valence-corrected chi connectivity index (χ0v) is 18.9. The van der Waals surface area contributed by atoms with Crippen molar-refractivity contribution in [3.63, 3.8) is 0 Å². The number of aromatic nitrogens is 4. The van der Waals surface area contributed by atoms with Gasteiger partial charge in [0.1, 0.15) is 11.6 Å². The summed E-state index contributed by atoms with van der Waals surface area (Å²) in [5.74, 6) is 1.07. The molecule has 35 heavy (non-hydrogen) atoms. The summed E-state index contributed by atoms with van der Waals surface area (Å²) in [6.45, 7) is 3.31. The summed E-state index contributed by atoms with van der Waals surface area (Å²) in [7, 11) is 1.77. The lowest BCUT2D eigenvalue weighted by Crippen LogP contribution is -2.37. The SMILES string of the molecule is CNc1cc(N2C[C@H]3C[C@@H]2CO3)nc(-c2cc(NC(=O)c3cc(C(F)(F)F)cnn3)ccc2C)n1. The molecule has 2 N–H and O–H groups in total. The third-order valence-electron chi connectivity index (χ3n) is 6.11. The zero-order valence-electron chi connectivity index (χ0n) is 18.9. The predicted octanol–water partition coefficient (Wildman–Crippen LogP) is 3.53. The minimum Gasteiger partial charge on any atom is -0.374 e. The highest BCUT2D eigenvalue weighted by atomic mass is 19.4. The molecular weight excluding hydrogens is 463 g/mol. The van der Waals surface area contributed by atoms with E-state index in [9.17, 15) is 18.0 Å². The molecule has 2 aliphatic heterocycles. The van der Waals surface area contributed by atoms with E-state index >= 15 is 0 Å². The van der Waals surface area contributed by atoms with Crippen molar-refractivity contribution in [2.75, 3.05) is 35.7 Å². The van der Waals surface area contributed by atoms with Gasteiger partial charge in [0, 0.05) is 30.9 Å². The summed E-state index contributed by atoms with van der Waals surface area (Å²) < 4.78 is 44.6. The lowest BCUT2D eigenvalue weighted by atomic mass is 10.1. The van der Waals surface area contributed by atoms with E-state index in [1.165, 1.54) is 0 Å². The van der Waals surface area contributed by atoms with Gasteiger partial charge < -0.3 is 20.3 Å². The average Bonchev–Trinajstić information content (AvgIpc) is 3.48. The number of benzene rings is 1. The number of nitrogens with zero attached hydrogens (tertiary/aromatic N) is 5. The van der Waals surface area contributed by atoms with E-state index in [0.717, 1.165) is 24.3 Å². The van der Waals surface area contributed by atoms with Crippen molar-refractivity contribution < 1.29 is 22.7 Å². The first-order valence-corrected chi connectivity index (χ1v) is 11.0. The van der Waals surface area contributed by atoms with E-state index in [2.05, 4.69) is 30.7 Å². The van der Waals surface area contributed by atoms with Crippen molar-refractivity contribution >= 4 is 23.2 Å². The number of carbonyl (C=O) groups is 1. The van der Waals surface area contributed by atoms with Crippen molar-refractivity contribution in [2.24, 2.45) is 0 Å². The van der Waals surface area contributed by atoms with Gasteiger partial charge in [-0.2, -0.15) is 18.3 Å². The lowest BCUT2D eigenvalue weighted by molar-refractivity contribution is -0.137. The molecule has 0 spiro atoms. The molecule has 0 radical (unpaired) electrons. The number of carbonyl (C=O) groups excluding carboxylic acids is 1. The van der Waals surface area contributed by atoms with Crippen LogP contribution in [0.25, 0.3) is 11.4 Å². The summed E-state index contributed by atoms with van der Waals surface area (Å²) in [5, 5.41) is 12.5. The molecule has 182 valence electrons. The number of morpholine rings is 1. The van der Waals surface area contributed by atoms with Gasteiger partial charge in [-0.15, -0.1) is 5.10 Å². The summed E-state index contributed by atoms with van der Waals surface area (Å²) in [6.07, 6.45) is -2.89. The lowest BCUT2D eigenvalue weighted by Gasteiger charge is -2.28. The number of fused-ring (bicyclic) bond motifs is 2. The largest absolute Gasteiger partial charge is 0.418 e. The third-order valence-corrected chi connectivity index (χ3v) is 6.11. The highest BCUT2D eigenvalue weighted by Crippen LogP contribution is 2.34. The second-order valence-electron chi connectivity index (χ2n) is 8.49. The molecule has 1 amide bonds. The fraction of sp³-hybridized carbons (Fsp3) is 0.348. The fourth-order valence-electron chi connectivity index (χ4n) is 4.28. The predicted molar refractivity (Wildman–Crippen MR) is 122 cm³/mol. The Morgan fingerprint density at radius 1 is 1.20 bits per heavy atom. The maximum Gasteiger partial charge on any atom is 0.418 e. The molecule has 0 saturated carbocycles. The topological polar surface area (TPSA) is 105 Å². The molecule has 5 rings (SSSR count). The monoisotopic (exact) mass is 485 g/mol. The molecule has 0 unspecified atom stereocenters. The minimum atomic E-state index is -4.63. The molecule has 2 aromatic heterocycles. The van der Waals surface area contributed by atoms with Crippen molar-refractivity contribution in [2.45, 2.75) is 31.7 Å². The van der Waals surface area contributed by atoms with Crippen LogP contribution in [0.1, 0.15) is 28.0 Å². The molecule has 2 atom stereocenters. The van der Waals surface area contributed by atoms with E-state index in [-0.39, 0.29) is 12.1 Å². The zero-order chi connectivity index (χ0) is 24.7. The normalized spacial score (nSPS) is 19.2. The molecular formula is C23H22F3N7O2. The van der Waals surface area contributed by atoms with Gasteiger partial charge in [-0.1, -0.05) is 6.07 Å². The molecule has 0 aliphatic carbocycles. The number of anilines is 3. The summed E-state index contributed by atoms with van der Waals surface area (Å²) in [5.41, 5.74) is 0.421. The smallest absolute Gasteiger partial charge is 0.374 e. The van der Waals surface area contributed by atoms with Crippen molar-refractivity contribution in [3.8, 4) is 11.4 Å². The quantitative estimate of drug-likeness (QED) is 0.566. The van der Waals surface area contributed by atoms with Crippen LogP contribution in [-0.2, 0) is 10.9 Å². The number of nitrogens with one attached hydrogen (secondary N) is 2. The van der Waals surface area contributed by atoms with Crippen LogP contribution in [0.3, 0.4) is 0 Å². The van der Waals surface area contributed by atoms with Gasteiger partial charge in [0.2, 0.25) is 0 Å². The maximum atomic E-state index is 13.0. The first-order chi connectivity index (χ1) is 16.7. The number of rotatable bonds is 5. The number of hydrogen-bond donors (Lipinski definition) is 2. The molecule has 3 aromatic rings. The Morgan fingerprint density at radius 3 is 2.71 bits per heavy atom. The second kappa shape index (κ2) is 8.77. The number of amides is 1. The summed E-state index contributed by atoms with van der Waals surface area (Å²) in [4.78, 5) is 24.2. The standard InChI is InChI=1S/C23H22F3N7O2/c1-12-3-4-14(29-22(34)18-5-13(9-28-32-18)23(24,25)26)6-17(12)21-30-19(27-2)8-20(31-21)33-10-16-7-15(33)11-35-16/h3-6,8-9,15-16H,7,10-11H2,1-2H3,(H,29,34)(H,27,30,31)/t15-,16-/m1/s1. The van der Waals surface area contributed by atoms with Gasteiger partial charge in [0.25, 0.3) is 5.91 Å². The van der Waals surface area contributed by atoms with Gasteiger partial charge >= 0.3 is 6.18 Å². The van der Waals surface area contributed by atoms with Crippen LogP contribution in [-0.4, -0.2) is 58.4 Å². The van der Waals surface area contributed by atoms with Crippen molar-refractivity contribution in [1.82, 2.24) is 20.2 Å². The van der Waals surface area contributed by atoms with Gasteiger partial charge in [-0.05, 0) is 37.1 Å². The van der Waals surface area contributed by atoms with E-state index in [4.69, 9.17) is 9.72 Å². The molecule has 2 saturated heterocycles. The molecule has 2 bridgehead atoms. The average molecular weight is 485 g/mol. The summed E-state index contributed by atoms with van der Waals surface area (Å²) in [6, 6.07) is 7.94. The molecule has 2 aliphatic rings. The van der Waals surface area contributed by atoms with Gasteiger partial charge in [-0.25, -0.2) is 9.97 Å². The first kappa shape index (κ1) is 23.0. The van der Waals surface area contributed by atoms with Crippen LogP contribution in [0, 0.1) is 6.92 Å². The van der Waals surface area contributed by atoms with E-state index in [0.29, 0.717) is 41.8 Å². The van der Waals surface area contributed by atoms with Crippen molar-refractivity contribution in [1.29, 1.82) is 0 Å². The maximum absolute atomic E-state index is 13.0. The molecule has 1 aromatic carbocycles. The second-order valence-corrected chi connectivity index (χ2v) is 8.49. The van der Waals surface area contributed by atoms with Gasteiger partial charge in [0.15, 0.2) is 11.5 Å². The number of halogens is 3. The first-order valence-electron chi connectivity index (χ1n) is 11.0. The molecule has 4 heterocycles. The van der Waals surface area contributed by atoms with Crippen LogP contribution in [0.5, 0.6) is 0 Å². The van der Waals surface area contributed by atoms with Crippen molar-refractivity contribution in [3.05, 3.63) is 53.3 Å². The van der Waals surface area contributed by atoms with Crippen LogP contribution in [0.2, 0.25) is 0 Å². The molecule has 2 fully saturated rings. The Kier molecular flexibility index (Phi) is 5.75. The van der Waals surface area contributed by atoms with Gasteiger partial charge in [0.05, 0.1) is 30.5 Å². The molecule has 9 nitrogen and oxygen atoms in total. The van der Waals surface area contributed by atoms with Crippen LogP contribution >= 0.6 is 0 Å². The molecule has 12 heteroatoms. The Hall–Kier alpha value is -3.80. The Bertz CT molecular complexity index is 1280. The van der Waals surface area contributed by atoms with Crippen LogP contribution in [0.4, 0.5) is 30.5 Å². The van der Waals surface area contributed by atoms with E-state index in [1.807, 2.05) is 13.0 Å². The Morgan fingerprint density at radius 2 is 2.03 bits per heavy atom. The number of ether oxygens (including phenoxy) is 1. The van der Waals surface area contributed by atoms with E-state index in [1.54, 1.807) is 25.2 Å². The third kappa shape index (κ3) is 4.61. The van der Waals surface area contributed by atoms with E-state index < -0.39 is 23.3 Å².